The van der Waals surface area contributed by atoms with E-state index in [0.717, 1.165) is 0 Å². The maximum atomic E-state index is 12.0. The van der Waals surface area contributed by atoms with Crippen molar-refractivity contribution in [2.45, 2.75) is 20.0 Å². The van der Waals surface area contributed by atoms with Gasteiger partial charge in [0, 0.05) is 6.07 Å². The number of hydrogen-bond donors (Lipinski definition) is 1. The van der Waals surface area contributed by atoms with Gasteiger partial charge in [0.05, 0.1) is 18.2 Å². The normalized spacial score (nSPS) is 11.5. The van der Waals surface area contributed by atoms with Gasteiger partial charge in [-0.25, -0.2) is 9.59 Å². The molecule has 8 heteroatoms. The molecule has 0 radical (unpaired) electrons. The molecular formula is C16H16N2O6. The molecule has 0 aliphatic carbocycles. The van der Waals surface area contributed by atoms with Crippen molar-refractivity contribution < 1.29 is 28.4 Å². The number of carbonyl (C=O) groups is 3. The maximum Gasteiger partial charge on any atom is 0.338 e. The minimum absolute atomic E-state index is 0.208. The molecule has 0 saturated carbocycles. The molecule has 1 atom stereocenters. The standard InChI is InChI=1S/C16H16N2O6/c1-9-8-13(18-24-9)17-14(19)10(2)23-16(21)12-6-4-11(5-7-12)15(20)22-3/h4-8,10H,1-3H3,(H,17,18,19). The third kappa shape index (κ3) is 4.19. The Bertz CT molecular complexity index is 750. The first-order valence-corrected chi connectivity index (χ1v) is 7.04. The molecule has 2 rings (SSSR count). The van der Waals surface area contributed by atoms with E-state index in [0.29, 0.717) is 11.3 Å². The Hall–Kier alpha value is -3.16. The van der Waals surface area contributed by atoms with Crippen LogP contribution in [0.4, 0.5) is 5.82 Å². The van der Waals surface area contributed by atoms with Gasteiger partial charge in [0.2, 0.25) is 0 Å². The zero-order valence-corrected chi connectivity index (χ0v) is 13.4. The van der Waals surface area contributed by atoms with Crippen molar-refractivity contribution in [1.29, 1.82) is 0 Å². The second-order valence-electron chi connectivity index (χ2n) is 4.93. The van der Waals surface area contributed by atoms with Gasteiger partial charge in [-0.3, -0.25) is 4.79 Å². The lowest BCUT2D eigenvalue weighted by molar-refractivity contribution is -0.123. The number of carbonyl (C=O) groups excluding carboxylic acids is 3. The Kier molecular flexibility index (Phi) is 5.31. The molecule has 0 aliphatic heterocycles. The fourth-order valence-electron chi connectivity index (χ4n) is 1.80. The first-order chi connectivity index (χ1) is 11.4. The van der Waals surface area contributed by atoms with Crippen LogP contribution in [0.3, 0.4) is 0 Å². The number of hydrogen-bond acceptors (Lipinski definition) is 7. The fraction of sp³-hybridized carbons (Fsp3) is 0.250. The lowest BCUT2D eigenvalue weighted by atomic mass is 10.1. The van der Waals surface area contributed by atoms with E-state index in [1.807, 2.05) is 0 Å². The predicted octanol–water partition coefficient (Wildman–Crippen LogP) is 1.95. The van der Waals surface area contributed by atoms with Crippen molar-refractivity contribution in [3.63, 3.8) is 0 Å². The molecule has 24 heavy (non-hydrogen) atoms. The van der Waals surface area contributed by atoms with Crippen LogP contribution in [0.15, 0.2) is 34.9 Å². The van der Waals surface area contributed by atoms with Crippen LogP contribution in [-0.2, 0) is 14.3 Å². The topological polar surface area (TPSA) is 108 Å². The van der Waals surface area contributed by atoms with Crippen LogP contribution in [0, 0.1) is 6.92 Å². The molecule has 1 N–H and O–H groups in total. The summed E-state index contributed by atoms with van der Waals surface area (Å²) in [6.45, 7) is 3.12. The number of nitrogens with zero attached hydrogens (tertiary/aromatic N) is 1. The van der Waals surface area contributed by atoms with Gasteiger partial charge < -0.3 is 19.3 Å². The molecule has 0 saturated heterocycles. The SMILES string of the molecule is COC(=O)c1ccc(C(=O)OC(C)C(=O)Nc2cc(C)on2)cc1. The summed E-state index contributed by atoms with van der Waals surface area (Å²) in [5.41, 5.74) is 0.515. The van der Waals surface area contributed by atoms with Crippen LogP contribution in [0.5, 0.6) is 0 Å². The summed E-state index contributed by atoms with van der Waals surface area (Å²) in [4.78, 5) is 35.3. The number of methoxy groups -OCH3 is 1. The van der Waals surface area contributed by atoms with E-state index in [1.165, 1.54) is 44.4 Å². The number of rotatable bonds is 5. The van der Waals surface area contributed by atoms with Crippen LogP contribution in [0.2, 0.25) is 0 Å². The lowest BCUT2D eigenvalue weighted by Gasteiger charge is -2.12. The predicted molar refractivity (Wildman–Crippen MR) is 82.5 cm³/mol. The second-order valence-corrected chi connectivity index (χ2v) is 4.93. The molecule has 1 aromatic carbocycles. The van der Waals surface area contributed by atoms with Crippen molar-refractivity contribution >= 4 is 23.7 Å². The summed E-state index contributed by atoms with van der Waals surface area (Å²) < 4.78 is 14.5. The summed E-state index contributed by atoms with van der Waals surface area (Å²) in [5.74, 6) is -0.956. The smallest absolute Gasteiger partial charge is 0.338 e. The summed E-state index contributed by atoms with van der Waals surface area (Å²) in [7, 11) is 1.27. The lowest BCUT2D eigenvalue weighted by Crippen LogP contribution is -2.30. The number of anilines is 1. The van der Waals surface area contributed by atoms with E-state index in [2.05, 4.69) is 15.2 Å². The minimum Gasteiger partial charge on any atom is -0.465 e. The van der Waals surface area contributed by atoms with Crippen molar-refractivity contribution in [1.82, 2.24) is 5.16 Å². The van der Waals surface area contributed by atoms with Gasteiger partial charge >= 0.3 is 11.9 Å². The number of benzene rings is 1. The molecule has 0 spiro atoms. The highest BCUT2D eigenvalue weighted by Gasteiger charge is 2.20. The molecule has 2 aromatic rings. The highest BCUT2D eigenvalue weighted by molar-refractivity contribution is 5.97. The first-order valence-electron chi connectivity index (χ1n) is 7.04. The molecule has 1 unspecified atom stereocenters. The summed E-state index contributed by atoms with van der Waals surface area (Å²) in [6, 6.07) is 7.25. The second kappa shape index (κ2) is 7.40. The number of nitrogens with one attached hydrogen (secondary N) is 1. The van der Waals surface area contributed by atoms with Crippen molar-refractivity contribution in [2.75, 3.05) is 12.4 Å². The van der Waals surface area contributed by atoms with Crippen molar-refractivity contribution in [3.05, 3.63) is 47.2 Å². The summed E-state index contributed by atoms with van der Waals surface area (Å²) >= 11 is 0. The highest BCUT2D eigenvalue weighted by Crippen LogP contribution is 2.11. The molecule has 1 aromatic heterocycles. The number of esters is 2. The molecule has 8 nitrogen and oxygen atoms in total. The van der Waals surface area contributed by atoms with E-state index < -0.39 is 23.9 Å². The van der Waals surface area contributed by atoms with E-state index in [1.54, 1.807) is 6.92 Å². The van der Waals surface area contributed by atoms with Crippen LogP contribution in [0.1, 0.15) is 33.4 Å². The fourth-order valence-corrected chi connectivity index (χ4v) is 1.80. The van der Waals surface area contributed by atoms with Gasteiger partial charge in [-0.05, 0) is 38.1 Å². The van der Waals surface area contributed by atoms with E-state index in [-0.39, 0.29) is 11.4 Å². The van der Waals surface area contributed by atoms with Crippen molar-refractivity contribution in [2.24, 2.45) is 0 Å². The van der Waals surface area contributed by atoms with Gasteiger partial charge in [0.15, 0.2) is 11.9 Å². The van der Waals surface area contributed by atoms with E-state index >= 15 is 0 Å². The Morgan fingerprint density at radius 2 is 1.71 bits per heavy atom. The molecule has 1 heterocycles. The van der Waals surface area contributed by atoms with E-state index in [9.17, 15) is 14.4 Å². The third-order valence-electron chi connectivity index (χ3n) is 3.07. The number of ether oxygens (including phenoxy) is 2. The van der Waals surface area contributed by atoms with Gasteiger partial charge in [-0.15, -0.1) is 0 Å². The van der Waals surface area contributed by atoms with E-state index in [4.69, 9.17) is 9.26 Å². The van der Waals surface area contributed by atoms with Crippen LogP contribution < -0.4 is 5.32 Å². The summed E-state index contributed by atoms with van der Waals surface area (Å²) in [6.07, 6.45) is -1.03. The largest absolute Gasteiger partial charge is 0.465 e. The highest BCUT2D eigenvalue weighted by atomic mass is 16.5. The molecule has 126 valence electrons. The van der Waals surface area contributed by atoms with Crippen LogP contribution in [-0.4, -0.2) is 36.2 Å². The Morgan fingerprint density at radius 1 is 1.12 bits per heavy atom. The zero-order chi connectivity index (χ0) is 17.7. The third-order valence-corrected chi connectivity index (χ3v) is 3.07. The average Bonchev–Trinajstić information content (AvgIpc) is 2.98. The molecule has 1 amide bonds. The number of amides is 1. The Labute approximate surface area is 137 Å². The van der Waals surface area contributed by atoms with Crippen LogP contribution in [0.25, 0.3) is 0 Å². The Morgan fingerprint density at radius 3 is 2.21 bits per heavy atom. The van der Waals surface area contributed by atoms with Gasteiger partial charge in [-0.2, -0.15) is 0 Å². The average molecular weight is 332 g/mol. The van der Waals surface area contributed by atoms with Crippen LogP contribution >= 0.6 is 0 Å². The molecule has 0 fully saturated rings. The minimum atomic E-state index is -1.03. The van der Waals surface area contributed by atoms with Gasteiger partial charge in [0.1, 0.15) is 5.76 Å². The number of aryl methyl sites for hydroxylation is 1. The quantitative estimate of drug-likeness (QED) is 0.834. The van der Waals surface area contributed by atoms with Crippen molar-refractivity contribution in [3.8, 4) is 0 Å². The maximum absolute atomic E-state index is 12.0. The molecule has 0 bridgehead atoms. The molecule has 0 aliphatic rings. The van der Waals surface area contributed by atoms with Gasteiger partial charge in [-0.1, -0.05) is 5.16 Å². The monoisotopic (exact) mass is 332 g/mol. The zero-order valence-electron chi connectivity index (χ0n) is 13.4. The Balaban J connectivity index is 1.95. The number of aromatic nitrogens is 1. The van der Waals surface area contributed by atoms with Gasteiger partial charge in [0.25, 0.3) is 5.91 Å². The first kappa shape index (κ1) is 17.2. The molecular weight excluding hydrogens is 316 g/mol. The summed E-state index contributed by atoms with van der Waals surface area (Å²) in [5, 5.41) is 6.09.